The molecule has 1 atom stereocenters. The first-order valence-electron chi connectivity index (χ1n) is 9.53. The van der Waals surface area contributed by atoms with E-state index in [0.717, 1.165) is 36.3 Å². The lowest BCUT2D eigenvalue weighted by atomic mass is 9.98. The SMILES string of the molecule is Cc1cnn(CC(=O)N2CCC[C@H](c3ncc(Cc4cccc(Cl)c4)o3)C2)c1. The second-order valence-electron chi connectivity index (χ2n) is 7.37. The van der Waals surface area contributed by atoms with Gasteiger partial charge in [0.2, 0.25) is 5.91 Å². The van der Waals surface area contributed by atoms with E-state index in [1.165, 1.54) is 0 Å². The minimum Gasteiger partial charge on any atom is -0.445 e. The van der Waals surface area contributed by atoms with Crippen LogP contribution in [0.4, 0.5) is 0 Å². The van der Waals surface area contributed by atoms with Gasteiger partial charge >= 0.3 is 0 Å². The fourth-order valence-corrected chi connectivity index (χ4v) is 3.85. The van der Waals surface area contributed by atoms with Crippen LogP contribution in [0.5, 0.6) is 0 Å². The Hall–Kier alpha value is -2.60. The van der Waals surface area contributed by atoms with Crippen molar-refractivity contribution in [2.24, 2.45) is 0 Å². The van der Waals surface area contributed by atoms with E-state index in [-0.39, 0.29) is 18.4 Å². The standard InChI is InChI=1S/C21H23ClN4O2/c1-15-10-24-26(12-15)14-20(27)25-7-3-5-17(13-25)21-23-11-19(28-21)9-16-4-2-6-18(22)8-16/h2,4,6,8,10-12,17H,3,5,7,9,13-14H2,1H3/t17-/m0/s1. The van der Waals surface area contributed by atoms with Crippen molar-refractivity contribution in [3.05, 3.63) is 70.7 Å². The van der Waals surface area contributed by atoms with E-state index in [4.69, 9.17) is 16.0 Å². The van der Waals surface area contributed by atoms with Crippen molar-refractivity contribution in [1.82, 2.24) is 19.7 Å². The average Bonchev–Trinajstić information content (AvgIpc) is 3.31. The predicted octanol–water partition coefficient (Wildman–Crippen LogP) is 3.83. The molecule has 7 heteroatoms. The van der Waals surface area contributed by atoms with E-state index in [1.54, 1.807) is 17.1 Å². The summed E-state index contributed by atoms with van der Waals surface area (Å²) in [5.41, 5.74) is 2.14. The van der Waals surface area contributed by atoms with E-state index in [0.29, 0.717) is 23.9 Å². The summed E-state index contributed by atoms with van der Waals surface area (Å²) < 4.78 is 7.70. The Morgan fingerprint density at radius 2 is 2.25 bits per heavy atom. The molecule has 0 spiro atoms. The molecule has 1 aliphatic rings. The van der Waals surface area contributed by atoms with E-state index in [1.807, 2.05) is 42.3 Å². The number of benzene rings is 1. The number of rotatable bonds is 5. The summed E-state index contributed by atoms with van der Waals surface area (Å²) in [5, 5.41) is 4.92. The molecule has 6 nitrogen and oxygen atoms in total. The number of carbonyl (C=O) groups is 1. The normalized spacial score (nSPS) is 17.1. The third-order valence-corrected chi connectivity index (χ3v) is 5.26. The number of piperidine rings is 1. The fourth-order valence-electron chi connectivity index (χ4n) is 3.64. The van der Waals surface area contributed by atoms with Crippen molar-refractivity contribution in [3.8, 4) is 0 Å². The van der Waals surface area contributed by atoms with Gasteiger partial charge in [-0.25, -0.2) is 4.98 Å². The molecule has 1 aliphatic heterocycles. The molecule has 0 saturated carbocycles. The number of hydrogen-bond acceptors (Lipinski definition) is 4. The van der Waals surface area contributed by atoms with Crippen LogP contribution in [0.2, 0.25) is 5.02 Å². The van der Waals surface area contributed by atoms with Crippen LogP contribution in [-0.4, -0.2) is 38.7 Å². The van der Waals surface area contributed by atoms with Crippen LogP contribution in [0, 0.1) is 6.92 Å². The minimum absolute atomic E-state index is 0.0820. The summed E-state index contributed by atoms with van der Waals surface area (Å²) in [4.78, 5) is 19.0. The number of hydrogen-bond donors (Lipinski definition) is 0. The number of likely N-dealkylation sites (tertiary alicyclic amines) is 1. The molecule has 1 aromatic carbocycles. The van der Waals surface area contributed by atoms with Crippen LogP contribution in [0.3, 0.4) is 0 Å². The summed E-state index contributed by atoms with van der Waals surface area (Å²) >= 11 is 6.05. The van der Waals surface area contributed by atoms with Gasteiger partial charge in [0.15, 0.2) is 5.89 Å². The van der Waals surface area contributed by atoms with Gasteiger partial charge in [0, 0.05) is 30.7 Å². The molecule has 4 rings (SSSR count). The van der Waals surface area contributed by atoms with Crippen molar-refractivity contribution in [2.75, 3.05) is 13.1 Å². The lowest BCUT2D eigenvalue weighted by Gasteiger charge is -2.31. The zero-order valence-electron chi connectivity index (χ0n) is 15.8. The quantitative estimate of drug-likeness (QED) is 0.655. The van der Waals surface area contributed by atoms with Gasteiger partial charge in [-0.1, -0.05) is 23.7 Å². The molecule has 1 saturated heterocycles. The van der Waals surface area contributed by atoms with Gasteiger partial charge < -0.3 is 9.32 Å². The highest BCUT2D eigenvalue weighted by atomic mass is 35.5. The topological polar surface area (TPSA) is 64.2 Å². The molecule has 1 fully saturated rings. The minimum atomic E-state index is 0.0820. The van der Waals surface area contributed by atoms with Crippen molar-refractivity contribution in [1.29, 1.82) is 0 Å². The Balaban J connectivity index is 1.39. The van der Waals surface area contributed by atoms with Gasteiger partial charge in [0.1, 0.15) is 12.3 Å². The number of nitrogens with zero attached hydrogens (tertiary/aromatic N) is 4. The second kappa shape index (κ2) is 8.19. The maximum atomic E-state index is 12.6. The Kier molecular flexibility index (Phi) is 5.48. The number of aromatic nitrogens is 3. The number of carbonyl (C=O) groups excluding carboxylic acids is 1. The molecule has 0 N–H and O–H groups in total. The second-order valence-corrected chi connectivity index (χ2v) is 7.80. The first-order valence-corrected chi connectivity index (χ1v) is 9.90. The largest absolute Gasteiger partial charge is 0.445 e. The van der Waals surface area contributed by atoms with Crippen molar-refractivity contribution >= 4 is 17.5 Å². The van der Waals surface area contributed by atoms with Gasteiger partial charge in [0.25, 0.3) is 0 Å². The van der Waals surface area contributed by atoms with Crippen LogP contribution < -0.4 is 0 Å². The fraction of sp³-hybridized carbons (Fsp3) is 0.381. The number of halogens is 1. The van der Waals surface area contributed by atoms with Crippen molar-refractivity contribution < 1.29 is 9.21 Å². The molecule has 28 heavy (non-hydrogen) atoms. The monoisotopic (exact) mass is 398 g/mol. The first kappa shape index (κ1) is 18.7. The van der Waals surface area contributed by atoms with Gasteiger partial charge in [-0.2, -0.15) is 5.10 Å². The summed E-state index contributed by atoms with van der Waals surface area (Å²) in [6.07, 6.45) is 8.00. The molecule has 0 unspecified atom stereocenters. The number of amides is 1. The molecular weight excluding hydrogens is 376 g/mol. The van der Waals surface area contributed by atoms with E-state index < -0.39 is 0 Å². The lowest BCUT2D eigenvalue weighted by molar-refractivity contribution is -0.133. The Labute approximate surface area is 169 Å². The third-order valence-electron chi connectivity index (χ3n) is 5.02. The first-order chi connectivity index (χ1) is 13.6. The van der Waals surface area contributed by atoms with E-state index >= 15 is 0 Å². The van der Waals surface area contributed by atoms with Crippen LogP contribution in [-0.2, 0) is 17.8 Å². The van der Waals surface area contributed by atoms with Crippen LogP contribution in [0.15, 0.2) is 47.3 Å². The predicted molar refractivity (Wildman–Crippen MR) is 106 cm³/mol. The lowest BCUT2D eigenvalue weighted by Crippen LogP contribution is -2.41. The molecule has 3 aromatic rings. The Morgan fingerprint density at radius 3 is 3.04 bits per heavy atom. The summed E-state index contributed by atoms with van der Waals surface area (Å²) in [5.74, 6) is 1.74. The van der Waals surface area contributed by atoms with E-state index in [9.17, 15) is 4.79 Å². The molecule has 0 aliphatic carbocycles. The van der Waals surface area contributed by atoms with Crippen LogP contribution in [0.25, 0.3) is 0 Å². The summed E-state index contributed by atoms with van der Waals surface area (Å²) in [6.45, 7) is 3.64. The molecule has 0 radical (unpaired) electrons. The van der Waals surface area contributed by atoms with Crippen LogP contribution in [0.1, 0.15) is 41.5 Å². The maximum absolute atomic E-state index is 12.6. The highest BCUT2D eigenvalue weighted by Crippen LogP contribution is 2.27. The Morgan fingerprint density at radius 1 is 1.36 bits per heavy atom. The molecule has 2 aromatic heterocycles. The van der Waals surface area contributed by atoms with Crippen LogP contribution >= 0.6 is 11.6 Å². The van der Waals surface area contributed by atoms with Gasteiger partial charge in [-0.3, -0.25) is 9.48 Å². The highest BCUT2D eigenvalue weighted by molar-refractivity contribution is 6.30. The highest BCUT2D eigenvalue weighted by Gasteiger charge is 2.28. The smallest absolute Gasteiger partial charge is 0.244 e. The van der Waals surface area contributed by atoms with E-state index in [2.05, 4.69) is 10.1 Å². The summed E-state index contributed by atoms with van der Waals surface area (Å²) in [7, 11) is 0. The van der Waals surface area contributed by atoms with Crippen molar-refractivity contribution in [3.63, 3.8) is 0 Å². The number of oxazole rings is 1. The number of aryl methyl sites for hydroxylation is 1. The zero-order chi connectivity index (χ0) is 19.5. The molecular formula is C21H23ClN4O2. The van der Waals surface area contributed by atoms with Gasteiger partial charge in [-0.05, 0) is 43.0 Å². The third kappa shape index (κ3) is 4.44. The molecule has 146 valence electrons. The molecule has 0 bridgehead atoms. The average molecular weight is 399 g/mol. The molecule has 3 heterocycles. The zero-order valence-corrected chi connectivity index (χ0v) is 16.6. The molecule has 1 amide bonds. The van der Waals surface area contributed by atoms with Crippen molar-refractivity contribution in [2.45, 2.75) is 38.6 Å². The Bertz CT molecular complexity index is 965. The van der Waals surface area contributed by atoms with Gasteiger partial charge in [0.05, 0.1) is 18.3 Å². The summed E-state index contributed by atoms with van der Waals surface area (Å²) in [6, 6.07) is 7.74. The maximum Gasteiger partial charge on any atom is 0.244 e. The van der Waals surface area contributed by atoms with Gasteiger partial charge in [-0.15, -0.1) is 0 Å².